The van der Waals surface area contributed by atoms with Gasteiger partial charge in [-0.3, -0.25) is 4.79 Å². The molecule has 0 saturated carbocycles. The number of benzene rings is 1. The number of nitrogens with zero attached hydrogens (tertiary/aromatic N) is 1. The molecular weight excluding hydrogens is 233 g/mol. The van der Waals surface area contributed by atoms with Gasteiger partial charge in [0.05, 0.1) is 17.2 Å². The van der Waals surface area contributed by atoms with Crippen molar-refractivity contribution in [3.63, 3.8) is 0 Å². The minimum atomic E-state index is -0.772. The summed E-state index contributed by atoms with van der Waals surface area (Å²) in [6, 6.07) is 4.46. The second kappa shape index (κ2) is 5.15. The van der Waals surface area contributed by atoms with Gasteiger partial charge in [0.2, 0.25) is 5.91 Å². The zero-order valence-electron chi connectivity index (χ0n) is 10.9. The van der Waals surface area contributed by atoms with E-state index in [0.717, 1.165) is 6.07 Å². The zero-order chi connectivity index (χ0) is 13.9. The van der Waals surface area contributed by atoms with Crippen molar-refractivity contribution in [1.82, 2.24) is 5.32 Å². The van der Waals surface area contributed by atoms with Crippen LogP contribution in [0, 0.1) is 24.1 Å². The van der Waals surface area contributed by atoms with Gasteiger partial charge in [0.25, 0.3) is 0 Å². The largest absolute Gasteiger partial charge is 0.324 e. The molecule has 0 aromatic heterocycles. The third-order valence-electron chi connectivity index (χ3n) is 2.91. The number of carbonyl (C=O) groups excluding carboxylic acids is 1. The molecule has 1 amide bonds. The summed E-state index contributed by atoms with van der Waals surface area (Å²) in [4.78, 5) is 11.9. The van der Waals surface area contributed by atoms with Crippen LogP contribution in [0.15, 0.2) is 12.1 Å². The maximum absolute atomic E-state index is 13.5. The van der Waals surface area contributed by atoms with Crippen molar-refractivity contribution in [2.24, 2.45) is 0 Å². The lowest BCUT2D eigenvalue weighted by Crippen LogP contribution is -2.48. The highest BCUT2D eigenvalue weighted by molar-refractivity contribution is 5.98. The third kappa shape index (κ3) is 2.84. The summed E-state index contributed by atoms with van der Waals surface area (Å²) in [7, 11) is 1.67. The number of nitriles is 1. The number of halogens is 1. The van der Waals surface area contributed by atoms with Crippen molar-refractivity contribution in [2.75, 3.05) is 12.4 Å². The molecule has 0 radical (unpaired) electrons. The van der Waals surface area contributed by atoms with E-state index in [1.165, 1.54) is 6.07 Å². The van der Waals surface area contributed by atoms with Crippen molar-refractivity contribution >= 4 is 11.6 Å². The van der Waals surface area contributed by atoms with Crippen molar-refractivity contribution in [3.8, 4) is 6.07 Å². The fourth-order valence-corrected chi connectivity index (χ4v) is 1.27. The topological polar surface area (TPSA) is 64.9 Å². The van der Waals surface area contributed by atoms with Gasteiger partial charge in [-0.1, -0.05) is 0 Å². The van der Waals surface area contributed by atoms with Crippen LogP contribution in [0.25, 0.3) is 0 Å². The van der Waals surface area contributed by atoms with Crippen LogP contribution in [0.2, 0.25) is 0 Å². The van der Waals surface area contributed by atoms with E-state index in [4.69, 9.17) is 5.26 Å². The molecule has 0 aliphatic rings. The Morgan fingerprint density at radius 1 is 1.44 bits per heavy atom. The predicted octanol–water partition coefficient (Wildman–Crippen LogP) is 1.94. The maximum Gasteiger partial charge on any atom is 0.244 e. The summed E-state index contributed by atoms with van der Waals surface area (Å²) in [5.41, 5.74) is 0.0377. The highest BCUT2D eigenvalue weighted by atomic mass is 19.1. The van der Waals surface area contributed by atoms with Crippen LogP contribution in [0.3, 0.4) is 0 Å². The van der Waals surface area contributed by atoms with Gasteiger partial charge in [-0.2, -0.15) is 5.26 Å². The number of amides is 1. The molecule has 4 nitrogen and oxygen atoms in total. The highest BCUT2D eigenvalue weighted by Crippen LogP contribution is 2.21. The minimum Gasteiger partial charge on any atom is -0.324 e. The Bertz CT molecular complexity index is 518. The van der Waals surface area contributed by atoms with Crippen molar-refractivity contribution in [2.45, 2.75) is 26.3 Å². The van der Waals surface area contributed by atoms with E-state index in [0.29, 0.717) is 11.3 Å². The summed E-state index contributed by atoms with van der Waals surface area (Å²) in [5.74, 6) is -0.797. The van der Waals surface area contributed by atoms with Crippen molar-refractivity contribution in [1.29, 1.82) is 5.26 Å². The number of likely N-dealkylation sites (N-methyl/N-ethyl adjacent to an activating group) is 1. The Labute approximate surface area is 106 Å². The molecule has 1 aromatic rings. The normalized spacial score (nSPS) is 10.9. The molecule has 96 valence electrons. The van der Waals surface area contributed by atoms with E-state index < -0.39 is 11.4 Å². The second-order valence-corrected chi connectivity index (χ2v) is 4.57. The van der Waals surface area contributed by atoms with Gasteiger partial charge in [0.1, 0.15) is 5.82 Å². The standard InChI is InChI=1S/C13H16FN3O/c1-8-10(14)5-9(7-15)6-11(8)17-12(18)13(2,3)16-4/h5-6,16H,1-4H3,(H,17,18). The fourth-order valence-electron chi connectivity index (χ4n) is 1.27. The monoisotopic (exact) mass is 249 g/mol. The van der Waals surface area contributed by atoms with Crippen LogP contribution in [-0.2, 0) is 4.79 Å². The van der Waals surface area contributed by atoms with Gasteiger partial charge < -0.3 is 10.6 Å². The third-order valence-corrected chi connectivity index (χ3v) is 2.91. The number of nitrogens with one attached hydrogen (secondary N) is 2. The molecule has 0 saturated heterocycles. The van der Waals surface area contributed by atoms with Crippen LogP contribution >= 0.6 is 0 Å². The van der Waals surface area contributed by atoms with Gasteiger partial charge in [-0.25, -0.2) is 4.39 Å². The predicted molar refractivity (Wildman–Crippen MR) is 67.6 cm³/mol. The first-order valence-electron chi connectivity index (χ1n) is 5.52. The number of hydrogen-bond acceptors (Lipinski definition) is 3. The van der Waals surface area contributed by atoms with E-state index >= 15 is 0 Å². The molecule has 0 atom stereocenters. The molecule has 2 N–H and O–H groups in total. The van der Waals surface area contributed by atoms with Gasteiger partial charge in [0, 0.05) is 11.3 Å². The van der Waals surface area contributed by atoms with Crippen LogP contribution in [0.5, 0.6) is 0 Å². The first-order valence-corrected chi connectivity index (χ1v) is 5.52. The van der Waals surface area contributed by atoms with Gasteiger partial charge >= 0.3 is 0 Å². The number of carbonyl (C=O) groups is 1. The number of hydrogen-bond donors (Lipinski definition) is 2. The van der Waals surface area contributed by atoms with Crippen LogP contribution in [-0.4, -0.2) is 18.5 Å². The molecule has 0 fully saturated rings. The first kappa shape index (κ1) is 14.1. The average molecular weight is 249 g/mol. The maximum atomic E-state index is 13.5. The molecule has 0 heterocycles. The van der Waals surface area contributed by atoms with Crippen molar-refractivity contribution < 1.29 is 9.18 Å². The van der Waals surface area contributed by atoms with E-state index in [1.54, 1.807) is 27.8 Å². The average Bonchev–Trinajstić information content (AvgIpc) is 2.34. The molecule has 0 bridgehead atoms. The Kier molecular flexibility index (Phi) is 4.04. The molecule has 0 aliphatic carbocycles. The molecule has 0 aliphatic heterocycles. The zero-order valence-corrected chi connectivity index (χ0v) is 10.9. The van der Waals surface area contributed by atoms with Gasteiger partial charge in [0.15, 0.2) is 0 Å². The molecule has 1 aromatic carbocycles. The van der Waals surface area contributed by atoms with Crippen LogP contribution < -0.4 is 10.6 Å². The van der Waals surface area contributed by atoms with Crippen LogP contribution in [0.1, 0.15) is 25.0 Å². The van der Waals surface area contributed by atoms with Crippen molar-refractivity contribution in [3.05, 3.63) is 29.1 Å². The summed E-state index contributed by atoms with van der Waals surface area (Å²) >= 11 is 0. The highest BCUT2D eigenvalue weighted by Gasteiger charge is 2.25. The van der Waals surface area contributed by atoms with E-state index in [-0.39, 0.29) is 11.5 Å². The van der Waals surface area contributed by atoms with Gasteiger partial charge in [-0.05, 0) is 40.0 Å². The minimum absolute atomic E-state index is 0.177. The molecular formula is C13H16FN3O. The molecule has 1 rings (SSSR count). The van der Waals surface area contributed by atoms with E-state index in [2.05, 4.69) is 10.6 Å². The lowest BCUT2D eigenvalue weighted by atomic mass is 10.0. The van der Waals surface area contributed by atoms with Crippen LogP contribution in [0.4, 0.5) is 10.1 Å². The SMILES string of the molecule is CNC(C)(C)C(=O)Nc1cc(C#N)cc(F)c1C. The summed E-state index contributed by atoms with van der Waals surface area (Å²) in [5, 5.41) is 14.3. The Morgan fingerprint density at radius 3 is 2.56 bits per heavy atom. The van der Waals surface area contributed by atoms with E-state index in [1.807, 2.05) is 6.07 Å². The first-order chi connectivity index (χ1) is 8.31. The summed E-state index contributed by atoms with van der Waals surface area (Å²) in [6.45, 7) is 4.98. The Morgan fingerprint density at radius 2 is 2.06 bits per heavy atom. The summed E-state index contributed by atoms with van der Waals surface area (Å²) < 4.78 is 13.5. The molecule has 0 spiro atoms. The summed E-state index contributed by atoms with van der Waals surface area (Å²) in [6.07, 6.45) is 0. The fraction of sp³-hybridized carbons (Fsp3) is 0.385. The smallest absolute Gasteiger partial charge is 0.244 e. The quantitative estimate of drug-likeness (QED) is 0.860. The second-order valence-electron chi connectivity index (χ2n) is 4.57. The molecule has 18 heavy (non-hydrogen) atoms. The number of rotatable bonds is 3. The Balaban J connectivity index is 3.09. The van der Waals surface area contributed by atoms with Gasteiger partial charge in [-0.15, -0.1) is 0 Å². The lowest BCUT2D eigenvalue weighted by Gasteiger charge is -2.23. The Hall–Kier alpha value is -1.93. The lowest BCUT2D eigenvalue weighted by molar-refractivity contribution is -0.121. The van der Waals surface area contributed by atoms with E-state index in [9.17, 15) is 9.18 Å². The molecule has 5 heteroatoms. The molecule has 0 unspecified atom stereocenters. The number of anilines is 1.